The van der Waals surface area contributed by atoms with Crippen molar-refractivity contribution in [3.8, 4) is 6.19 Å². The molecule has 1 heterocycles. The molecule has 0 amide bonds. The van der Waals surface area contributed by atoms with Gasteiger partial charge in [0.1, 0.15) is 0 Å². The average molecular weight is 286 g/mol. The van der Waals surface area contributed by atoms with E-state index in [4.69, 9.17) is 5.26 Å². The van der Waals surface area contributed by atoms with Crippen LogP contribution in [0.5, 0.6) is 0 Å². The smallest absolute Gasteiger partial charge is 0.183 e. The maximum atomic E-state index is 8.71. The summed E-state index contributed by atoms with van der Waals surface area (Å²) in [7, 11) is 0. The van der Waals surface area contributed by atoms with Crippen molar-refractivity contribution in [2.45, 2.75) is 26.2 Å². The fourth-order valence-corrected chi connectivity index (χ4v) is 2.26. The van der Waals surface area contributed by atoms with Crippen LogP contribution in [0.1, 0.15) is 26.5 Å². The number of nitrogens with zero attached hydrogens (tertiary/aromatic N) is 2. The van der Waals surface area contributed by atoms with E-state index in [0.29, 0.717) is 5.17 Å². The maximum absolute atomic E-state index is 8.71. The largest absolute Gasteiger partial charge is 0.358 e. The van der Waals surface area contributed by atoms with Gasteiger partial charge in [0, 0.05) is 22.0 Å². The van der Waals surface area contributed by atoms with Crippen LogP contribution in [-0.2, 0) is 5.41 Å². The Morgan fingerprint density at radius 3 is 2.75 bits per heavy atom. The first-order valence-corrected chi connectivity index (χ1v) is 7.58. The van der Waals surface area contributed by atoms with Crippen LogP contribution in [0.2, 0.25) is 0 Å². The minimum atomic E-state index is 0.0627. The molecule has 2 aromatic rings. The van der Waals surface area contributed by atoms with Crippen LogP contribution in [0.4, 0.5) is 5.69 Å². The average Bonchev–Trinajstić information content (AvgIpc) is 2.83. The zero-order chi connectivity index (χ0) is 14.8. The maximum Gasteiger partial charge on any atom is 0.183 e. The number of hydrogen-bond donors (Lipinski definition) is 2. The SMILES string of the molecule is CSC(=Nc1cccc2[nH]c(C(C)(C)C)cc12)NC#N. The van der Waals surface area contributed by atoms with Gasteiger partial charge in [0.15, 0.2) is 11.4 Å². The molecule has 0 aliphatic rings. The third-order valence-electron chi connectivity index (χ3n) is 3.03. The van der Waals surface area contributed by atoms with Gasteiger partial charge in [-0.2, -0.15) is 5.26 Å². The van der Waals surface area contributed by atoms with Gasteiger partial charge in [-0.3, -0.25) is 5.32 Å². The molecule has 2 rings (SSSR count). The molecular weight excluding hydrogens is 268 g/mol. The summed E-state index contributed by atoms with van der Waals surface area (Å²) in [6.07, 6.45) is 3.80. The van der Waals surface area contributed by atoms with E-state index in [0.717, 1.165) is 16.6 Å². The number of fused-ring (bicyclic) bond motifs is 1. The highest BCUT2D eigenvalue weighted by atomic mass is 32.2. The molecule has 104 valence electrons. The van der Waals surface area contributed by atoms with E-state index in [2.05, 4.69) is 42.1 Å². The van der Waals surface area contributed by atoms with E-state index in [-0.39, 0.29) is 5.41 Å². The van der Waals surface area contributed by atoms with Crippen molar-refractivity contribution in [1.29, 1.82) is 5.26 Å². The summed E-state index contributed by atoms with van der Waals surface area (Å²) in [5.74, 6) is 0. The molecule has 0 bridgehead atoms. The number of nitrogens with one attached hydrogen (secondary N) is 2. The van der Waals surface area contributed by atoms with Gasteiger partial charge in [-0.05, 0) is 24.5 Å². The number of nitriles is 1. The van der Waals surface area contributed by atoms with Gasteiger partial charge in [0.2, 0.25) is 0 Å². The highest BCUT2D eigenvalue weighted by Crippen LogP contribution is 2.31. The Balaban J connectivity index is 2.55. The Morgan fingerprint density at radius 2 is 2.15 bits per heavy atom. The Kier molecular flexibility index (Phi) is 4.05. The molecule has 1 aromatic carbocycles. The fraction of sp³-hybridized carbons (Fsp3) is 0.333. The van der Waals surface area contributed by atoms with Crippen molar-refractivity contribution in [2.24, 2.45) is 4.99 Å². The number of aliphatic imine (C=N–C) groups is 1. The zero-order valence-electron chi connectivity index (χ0n) is 12.1. The summed E-state index contributed by atoms with van der Waals surface area (Å²) in [5.41, 5.74) is 3.16. The van der Waals surface area contributed by atoms with Crippen LogP contribution < -0.4 is 5.32 Å². The minimum Gasteiger partial charge on any atom is -0.358 e. The second-order valence-corrected chi connectivity index (χ2v) is 6.32. The number of aromatic amines is 1. The molecule has 0 unspecified atom stereocenters. The Hall–Kier alpha value is -1.93. The Bertz CT molecular complexity index is 686. The lowest BCUT2D eigenvalue weighted by Crippen LogP contribution is -2.12. The number of H-pyrrole nitrogens is 1. The summed E-state index contributed by atoms with van der Waals surface area (Å²) in [4.78, 5) is 7.95. The van der Waals surface area contributed by atoms with Crippen LogP contribution in [0.25, 0.3) is 10.9 Å². The van der Waals surface area contributed by atoms with Gasteiger partial charge < -0.3 is 4.98 Å². The van der Waals surface area contributed by atoms with Gasteiger partial charge in [0.05, 0.1) is 5.69 Å². The standard InChI is InChI=1S/C15H18N4S/c1-15(2,3)13-8-10-11(18-13)6-5-7-12(10)19-14(20-4)17-9-16/h5-8,18H,1-4H3,(H,17,19). The van der Waals surface area contributed by atoms with Crippen LogP contribution in [0, 0.1) is 11.5 Å². The number of amidine groups is 1. The summed E-state index contributed by atoms with van der Waals surface area (Å²) in [6, 6.07) is 8.10. The molecule has 0 aliphatic heterocycles. The van der Waals surface area contributed by atoms with Crippen LogP contribution in [0.3, 0.4) is 0 Å². The van der Waals surface area contributed by atoms with Crippen molar-refractivity contribution in [3.63, 3.8) is 0 Å². The first-order chi connectivity index (χ1) is 9.45. The molecule has 0 saturated heterocycles. The van der Waals surface area contributed by atoms with E-state index < -0.39 is 0 Å². The number of aromatic nitrogens is 1. The van der Waals surface area contributed by atoms with Crippen molar-refractivity contribution >= 4 is 33.5 Å². The van der Waals surface area contributed by atoms with Crippen LogP contribution in [-0.4, -0.2) is 16.4 Å². The molecule has 20 heavy (non-hydrogen) atoms. The molecule has 5 heteroatoms. The third-order valence-corrected chi connectivity index (χ3v) is 3.61. The van der Waals surface area contributed by atoms with E-state index in [1.165, 1.54) is 17.5 Å². The molecule has 2 N–H and O–H groups in total. The second kappa shape index (κ2) is 5.59. The van der Waals surface area contributed by atoms with Gasteiger partial charge in [-0.1, -0.05) is 38.6 Å². The number of thioether (sulfide) groups is 1. The highest BCUT2D eigenvalue weighted by Gasteiger charge is 2.17. The van der Waals surface area contributed by atoms with Gasteiger partial charge in [0.25, 0.3) is 0 Å². The van der Waals surface area contributed by atoms with Crippen LogP contribution >= 0.6 is 11.8 Å². The Labute approximate surface area is 123 Å². The molecule has 0 spiro atoms. The first-order valence-electron chi connectivity index (χ1n) is 6.35. The minimum absolute atomic E-state index is 0.0627. The molecule has 0 atom stereocenters. The number of hydrogen-bond acceptors (Lipinski definition) is 3. The topological polar surface area (TPSA) is 64.0 Å². The predicted molar refractivity (Wildman–Crippen MR) is 86.4 cm³/mol. The summed E-state index contributed by atoms with van der Waals surface area (Å²) in [6.45, 7) is 6.52. The number of rotatable bonds is 1. The molecule has 0 aliphatic carbocycles. The molecule has 0 saturated carbocycles. The van der Waals surface area contributed by atoms with Crippen LogP contribution in [0.15, 0.2) is 29.3 Å². The lowest BCUT2D eigenvalue weighted by molar-refractivity contribution is 0.574. The predicted octanol–water partition coefficient (Wildman–Crippen LogP) is 3.89. The lowest BCUT2D eigenvalue weighted by Gasteiger charge is -2.15. The summed E-state index contributed by atoms with van der Waals surface area (Å²) >= 11 is 1.42. The number of benzene rings is 1. The van der Waals surface area contributed by atoms with Gasteiger partial charge in [-0.15, -0.1) is 0 Å². The van der Waals surface area contributed by atoms with Crippen molar-refractivity contribution in [2.75, 3.05) is 6.26 Å². The van der Waals surface area contributed by atoms with Crippen molar-refractivity contribution in [1.82, 2.24) is 10.3 Å². The molecule has 0 radical (unpaired) electrons. The molecule has 1 aromatic heterocycles. The van der Waals surface area contributed by atoms with Crippen molar-refractivity contribution < 1.29 is 0 Å². The monoisotopic (exact) mass is 286 g/mol. The van der Waals surface area contributed by atoms with E-state index in [9.17, 15) is 0 Å². The zero-order valence-corrected chi connectivity index (χ0v) is 12.9. The molecular formula is C15H18N4S. The second-order valence-electron chi connectivity index (χ2n) is 5.53. The normalized spacial score (nSPS) is 12.4. The van der Waals surface area contributed by atoms with E-state index in [1.807, 2.05) is 30.6 Å². The van der Waals surface area contributed by atoms with E-state index >= 15 is 0 Å². The van der Waals surface area contributed by atoms with Gasteiger partial charge >= 0.3 is 0 Å². The third kappa shape index (κ3) is 2.97. The van der Waals surface area contributed by atoms with Crippen molar-refractivity contribution in [3.05, 3.63) is 30.0 Å². The molecule has 4 nitrogen and oxygen atoms in total. The van der Waals surface area contributed by atoms with Gasteiger partial charge in [-0.25, -0.2) is 4.99 Å². The summed E-state index contributed by atoms with van der Waals surface area (Å²) < 4.78 is 0. The highest BCUT2D eigenvalue weighted by molar-refractivity contribution is 8.13. The molecule has 0 fully saturated rings. The van der Waals surface area contributed by atoms with E-state index in [1.54, 1.807) is 0 Å². The first kappa shape index (κ1) is 14.5. The summed E-state index contributed by atoms with van der Waals surface area (Å²) in [5, 5.41) is 13.0. The lowest BCUT2D eigenvalue weighted by atomic mass is 9.92. The fourth-order valence-electron chi connectivity index (χ4n) is 1.92. The quantitative estimate of drug-likeness (QED) is 0.362. The Morgan fingerprint density at radius 1 is 1.40 bits per heavy atom.